The van der Waals surface area contributed by atoms with Crippen molar-refractivity contribution in [3.05, 3.63) is 45.6 Å². The van der Waals surface area contributed by atoms with Gasteiger partial charge in [0.15, 0.2) is 17.3 Å². The maximum atomic E-state index is 12.3. The summed E-state index contributed by atoms with van der Waals surface area (Å²) in [5.74, 6) is 1.39. The zero-order chi connectivity index (χ0) is 12.5. The molecule has 0 aliphatic carbocycles. The molecule has 2 heterocycles. The van der Waals surface area contributed by atoms with Crippen molar-refractivity contribution in [3.63, 3.8) is 0 Å². The third-order valence-corrected chi connectivity index (χ3v) is 3.77. The van der Waals surface area contributed by atoms with Gasteiger partial charge in [-0.1, -0.05) is 0 Å². The fourth-order valence-electron chi connectivity index (χ4n) is 1.93. The lowest BCUT2D eigenvalue weighted by Gasteiger charge is -2.18. The summed E-state index contributed by atoms with van der Waals surface area (Å²) in [6, 6.07) is 5.34. The molecule has 4 heteroatoms. The Bertz CT molecular complexity index is 601. The molecule has 18 heavy (non-hydrogen) atoms. The molecule has 0 fully saturated rings. The Morgan fingerprint density at radius 1 is 1.17 bits per heavy atom. The molecule has 1 aliphatic heterocycles. The van der Waals surface area contributed by atoms with Crippen LogP contribution in [-0.2, 0) is 0 Å². The molecular formula is C14H12O3S. The first-order chi connectivity index (χ1) is 8.75. The van der Waals surface area contributed by atoms with E-state index in [0.29, 0.717) is 30.3 Å². The minimum absolute atomic E-state index is 0.0331. The van der Waals surface area contributed by atoms with E-state index in [1.54, 1.807) is 29.5 Å². The van der Waals surface area contributed by atoms with Crippen LogP contribution in [0.5, 0.6) is 11.5 Å². The molecule has 0 unspecified atom stereocenters. The summed E-state index contributed by atoms with van der Waals surface area (Å²) in [5.41, 5.74) is 2.41. The highest BCUT2D eigenvalue weighted by molar-refractivity contribution is 7.08. The number of ketones is 1. The van der Waals surface area contributed by atoms with E-state index >= 15 is 0 Å². The highest BCUT2D eigenvalue weighted by atomic mass is 32.1. The maximum absolute atomic E-state index is 12.3. The van der Waals surface area contributed by atoms with Crippen LogP contribution in [0.15, 0.2) is 29.0 Å². The van der Waals surface area contributed by atoms with Gasteiger partial charge in [-0.05, 0) is 36.1 Å². The molecule has 3 nitrogen and oxygen atoms in total. The van der Waals surface area contributed by atoms with Crippen LogP contribution in [0, 0.1) is 6.92 Å². The molecular weight excluding hydrogens is 248 g/mol. The summed E-state index contributed by atoms with van der Waals surface area (Å²) in [4.78, 5) is 12.3. The average molecular weight is 260 g/mol. The van der Waals surface area contributed by atoms with Crippen molar-refractivity contribution in [3.8, 4) is 11.5 Å². The van der Waals surface area contributed by atoms with Gasteiger partial charge in [-0.2, -0.15) is 11.3 Å². The predicted octanol–water partition coefficient (Wildman–Crippen LogP) is 3.06. The van der Waals surface area contributed by atoms with E-state index in [1.807, 2.05) is 17.7 Å². The first-order valence-corrected chi connectivity index (χ1v) is 6.67. The van der Waals surface area contributed by atoms with Gasteiger partial charge in [0.05, 0.1) is 0 Å². The zero-order valence-electron chi connectivity index (χ0n) is 9.93. The number of thiophene rings is 1. The molecule has 92 valence electrons. The number of hydrogen-bond acceptors (Lipinski definition) is 4. The van der Waals surface area contributed by atoms with E-state index in [4.69, 9.17) is 9.47 Å². The van der Waals surface area contributed by atoms with Crippen LogP contribution in [0.4, 0.5) is 0 Å². The van der Waals surface area contributed by atoms with Crippen molar-refractivity contribution in [2.24, 2.45) is 0 Å². The fraction of sp³-hybridized carbons (Fsp3) is 0.214. The average Bonchev–Trinajstić information content (AvgIpc) is 2.83. The lowest BCUT2D eigenvalue weighted by atomic mass is 10.0. The van der Waals surface area contributed by atoms with Crippen LogP contribution < -0.4 is 9.47 Å². The normalized spacial score (nSPS) is 13.4. The second kappa shape index (κ2) is 4.46. The summed E-state index contributed by atoms with van der Waals surface area (Å²) in [6.07, 6.45) is 0. The molecule has 0 bridgehead atoms. The van der Waals surface area contributed by atoms with Crippen LogP contribution >= 0.6 is 11.3 Å². The quantitative estimate of drug-likeness (QED) is 0.778. The van der Waals surface area contributed by atoms with Crippen LogP contribution in [0.2, 0.25) is 0 Å². The van der Waals surface area contributed by atoms with E-state index in [0.717, 1.165) is 11.1 Å². The summed E-state index contributed by atoms with van der Waals surface area (Å²) in [6.45, 7) is 3.04. The lowest BCUT2D eigenvalue weighted by Crippen LogP contribution is -2.15. The smallest absolute Gasteiger partial charge is 0.194 e. The molecule has 1 aromatic carbocycles. The molecule has 1 aromatic heterocycles. The van der Waals surface area contributed by atoms with E-state index in [1.165, 1.54) is 0 Å². The van der Waals surface area contributed by atoms with Crippen molar-refractivity contribution >= 4 is 17.1 Å². The topological polar surface area (TPSA) is 35.5 Å². The van der Waals surface area contributed by atoms with E-state index in [2.05, 4.69) is 0 Å². The minimum Gasteiger partial charge on any atom is -0.486 e. The van der Waals surface area contributed by atoms with E-state index < -0.39 is 0 Å². The molecule has 1 aliphatic rings. The molecule has 0 atom stereocenters. The third kappa shape index (κ3) is 1.88. The highest BCUT2D eigenvalue weighted by Crippen LogP contribution is 2.31. The lowest BCUT2D eigenvalue weighted by molar-refractivity contribution is 0.103. The second-order valence-electron chi connectivity index (χ2n) is 4.16. The fourth-order valence-corrected chi connectivity index (χ4v) is 2.76. The number of carbonyl (C=O) groups excluding carboxylic acids is 1. The number of rotatable bonds is 2. The van der Waals surface area contributed by atoms with Gasteiger partial charge in [0.25, 0.3) is 0 Å². The van der Waals surface area contributed by atoms with Crippen molar-refractivity contribution in [2.45, 2.75) is 6.92 Å². The molecule has 0 radical (unpaired) electrons. The Balaban J connectivity index is 1.98. The summed E-state index contributed by atoms with van der Waals surface area (Å²) < 4.78 is 10.9. The van der Waals surface area contributed by atoms with Gasteiger partial charge in [0.1, 0.15) is 13.2 Å². The third-order valence-electron chi connectivity index (χ3n) is 2.90. The number of fused-ring (bicyclic) bond motifs is 1. The minimum atomic E-state index is 0.0331. The maximum Gasteiger partial charge on any atom is 0.194 e. The Hall–Kier alpha value is -1.81. The molecule has 0 saturated carbocycles. The van der Waals surface area contributed by atoms with Crippen LogP contribution in [0.1, 0.15) is 21.5 Å². The SMILES string of the molecule is Cc1cscc1C(=O)c1ccc2c(c1)OCCO2. The molecule has 0 saturated heterocycles. The standard InChI is InChI=1S/C14H12O3S/c1-9-7-18-8-11(9)14(15)10-2-3-12-13(6-10)17-5-4-16-12/h2-3,6-8H,4-5H2,1H3. The molecule has 0 N–H and O–H groups in total. The van der Waals surface area contributed by atoms with Crippen molar-refractivity contribution in [1.29, 1.82) is 0 Å². The highest BCUT2D eigenvalue weighted by Gasteiger charge is 2.17. The van der Waals surface area contributed by atoms with Gasteiger partial charge in [-0.15, -0.1) is 0 Å². The van der Waals surface area contributed by atoms with Crippen LogP contribution in [0.3, 0.4) is 0 Å². The molecule has 0 amide bonds. The van der Waals surface area contributed by atoms with Gasteiger partial charge in [0, 0.05) is 16.5 Å². The number of benzene rings is 1. The second-order valence-corrected chi connectivity index (χ2v) is 4.90. The Morgan fingerprint density at radius 3 is 2.67 bits per heavy atom. The van der Waals surface area contributed by atoms with Crippen molar-refractivity contribution < 1.29 is 14.3 Å². The van der Waals surface area contributed by atoms with Gasteiger partial charge in [-0.3, -0.25) is 4.79 Å². The summed E-state index contributed by atoms with van der Waals surface area (Å²) >= 11 is 1.54. The van der Waals surface area contributed by atoms with Crippen LogP contribution in [0.25, 0.3) is 0 Å². The summed E-state index contributed by atoms with van der Waals surface area (Å²) in [5, 5.41) is 3.86. The largest absolute Gasteiger partial charge is 0.486 e. The van der Waals surface area contributed by atoms with Gasteiger partial charge in [-0.25, -0.2) is 0 Å². The Morgan fingerprint density at radius 2 is 1.94 bits per heavy atom. The predicted molar refractivity (Wildman–Crippen MR) is 69.9 cm³/mol. The Labute approximate surface area is 109 Å². The van der Waals surface area contributed by atoms with Gasteiger partial charge < -0.3 is 9.47 Å². The van der Waals surface area contributed by atoms with E-state index in [9.17, 15) is 4.79 Å². The summed E-state index contributed by atoms with van der Waals surface area (Å²) in [7, 11) is 0. The molecule has 3 rings (SSSR count). The number of aryl methyl sites for hydroxylation is 1. The first kappa shape index (κ1) is 11.3. The number of ether oxygens (including phenoxy) is 2. The van der Waals surface area contributed by atoms with Crippen LogP contribution in [-0.4, -0.2) is 19.0 Å². The number of hydrogen-bond donors (Lipinski definition) is 0. The zero-order valence-corrected chi connectivity index (χ0v) is 10.8. The molecule has 0 spiro atoms. The van der Waals surface area contributed by atoms with Gasteiger partial charge >= 0.3 is 0 Å². The monoisotopic (exact) mass is 260 g/mol. The van der Waals surface area contributed by atoms with E-state index in [-0.39, 0.29) is 5.78 Å². The molecule has 2 aromatic rings. The number of carbonyl (C=O) groups is 1. The van der Waals surface area contributed by atoms with Gasteiger partial charge in [0.2, 0.25) is 0 Å². The Kier molecular flexibility index (Phi) is 2.80. The van der Waals surface area contributed by atoms with Crippen molar-refractivity contribution in [1.82, 2.24) is 0 Å². The van der Waals surface area contributed by atoms with Crippen molar-refractivity contribution in [2.75, 3.05) is 13.2 Å². The first-order valence-electron chi connectivity index (χ1n) is 5.73.